The van der Waals surface area contributed by atoms with Crippen LogP contribution >= 0.6 is 0 Å². The van der Waals surface area contributed by atoms with E-state index in [0.717, 1.165) is 56.7 Å². The number of rotatable bonds is 4. The van der Waals surface area contributed by atoms with Crippen molar-refractivity contribution in [3.8, 4) is 22.5 Å². The molecule has 3 aliphatic rings. The largest absolute Gasteiger partial charge is 0.379 e. The van der Waals surface area contributed by atoms with Crippen molar-refractivity contribution in [2.24, 2.45) is 0 Å². The van der Waals surface area contributed by atoms with Crippen molar-refractivity contribution in [2.45, 2.75) is 6.04 Å². The van der Waals surface area contributed by atoms with E-state index in [0.29, 0.717) is 0 Å². The molecule has 218 valence electrons. The van der Waals surface area contributed by atoms with Crippen molar-refractivity contribution >= 4 is 44.8 Å². The maximum absolute atomic E-state index is 4.90. The van der Waals surface area contributed by atoms with E-state index in [-0.39, 0.29) is 6.04 Å². The SMILES string of the molecule is C1=Cc2c(-c3ccc(C4=CC5NC(c6ccc7ccc(-c8cnccn8)nc7c6)=CC=C5C=C4)cc3)cc3cccnc3c2NC1. The Bertz CT molecular complexity index is 2330. The number of benzene rings is 3. The van der Waals surface area contributed by atoms with Crippen molar-refractivity contribution < 1.29 is 0 Å². The molecule has 0 amide bonds. The van der Waals surface area contributed by atoms with Crippen LogP contribution in [0.3, 0.4) is 0 Å². The Labute approximate surface area is 266 Å². The summed E-state index contributed by atoms with van der Waals surface area (Å²) in [5.41, 5.74) is 14.0. The number of aromatic nitrogens is 4. The van der Waals surface area contributed by atoms with E-state index in [2.05, 4.69) is 129 Å². The first-order chi connectivity index (χ1) is 22.8. The molecule has 0 saturated heterocycles. The fraction of sp³-hybridized carbons (Fsp3) is 0.0500. The Hall–Kier alpha value is -6.14. The molecular formula is C40H28N6. The quantitative estimate of drug-likeness (QED) is 0.215. The second-order valence-electron chi connectivity index (χ2n) is 11.7. The van der Waals surface area contributed by atoms with Crippen molar-refractivity contribution in [1.82, 2.24) is 25.3 Å². The number of nitrogens with zero attached hydrogens (tertiary/aromatic N) is 4. The van der Waals surface area contributed by atoms with Crippen LogP contribution in [0.5, 0.6) is 0 Å². The Balaban J connectivity index is 0.994. The first-order valence-corrected chi connectivity index (χ1v) is 15.5. The van der Waals surface area contributed by atoms with Gasteiger partial charge in [-0.15, -0.1) is 0 Å². The van der Waals surface area contributed by atoms with Crippen LogP contribution in [0.15, 0.2) is 140 Å². The molecule has 6 aromatic rings. The van der Waals surface area contributed by atoms with Crippen LogP contribution in [0, 0.1) is 0 Å². The lowest BCUT2D eigenvalue weighted by molar-refractivity contribution is 0.815. The van der Waals surface area contributed by atoms with Gasteiger partial charge in [0.05, 0.1) is 34.7 Å². The van der Waals surface area contributed by atoms with Crippen molar-refractivity contribution in [1.29, 1.82) is 0 Å². The average molecular weight is 593 g/mol. The van der Waals surface area contributed by atoms with Crippen LogP contribution in [-0.4, -0.2) is 32.5 Å². The van der Waals surface area contributed by atoms with Gasteiger partial charge in [-0.05, 0) is 63.7 Å². The van der Waals surface area contributed by atoms with E-state index in [1.54, 1.807) is 18.6 Å². The van der Waals surface area contributed by atoms with Crippen molar-refractivity contribution in [3.05, 3.63) is 156 Å². The molecule has 3 aromatic heterocycles. The molecule has 6 nitrogen and oxygen atoms in total. The van der Waals surface area contributed by atoms with Crippen molar-refractivity contribution in [2.75, 3.05) is 11.9 Å². The molecule has 9 rings (SSSR count). The lowest BCUT2D eigenvalue weighted by Gasteiger charge is -2.27. The second-order valence-corrected chi connectivity index (χ2v) is 11.7. The summed E-state index contributed by atoms with van der Waals surface area (Å²) in [6.45, 7) is 0.812. The maximum Gasteiger partial charge on any atom is 0.107 e. The summed E-state index contributed by atoms with van der Waals surface area (Å²) in [7, 11) is 0. The maximum atomic E-state index is 4.90. The highest BCUT2D eigenvalue weighted by Gasteiger charge is 2.21. The number of allylic oxidation sites excluding steroid dienone is 4. The van der Waals surface area contributed by atoms with Gasteiger partial charge in [0, 0.05) is 47.2 Å². The van der Waals surface area contributed by atoms with Gasteiger partial charge in [0.1, 0.15) is 5.69 Å². The molecule has 1 aliphatic carbocycles. The van der Waals surface area contributed by atoms with Crippen LogP contribution < -0.4 is 10.6 Å². The van der Waals surface area contributed by atoms with Crippen LogP contribution in [0.4, 0.5) is 5.69 Å². The molecule has 0 radical (unpaired) electrons. The summed E-state index contributed by atoms with van der Waals surface area (Å²) in [6, 6.07) is 25.9. The molecule has 2 N–H and O–H groups in total. The molecule has 2 aliphatic heterocycles. The van der Waals surface area contributed by atoms with E-state index in [1.165, 1.54) is 33.4 Å². The fourth-order valence-corrected chi connectivity index (χ4v) is 6.54. The number of dihydropyridines is 1. The van der Waals surface area contributed by atoms with Gasteiger partial charge in [0.15, 0.2) is 0 Å². The van der Waals surface area contributed by atoms with Gasteiger partial charge in [0.25, 0.3) is 0 Å². The molecule has 6 heteroatoms. The number of pyridine rings is 2. The van der Waals surface area contributed by atoms with Gasteiger partial charge in [-0.25, -0.2) is 4.98 Å². The molecule has 1 unspecified atom stereocenters. The Morgan fingerprint density at radius 3 is 2.52 bits per heavy atom. The highest BCUT2D eigenvalue weighted by molar-refractivity contribution is 6.02. The predicted octanol–water partition coefficient (Wildman–Crippen LogP) is 8.24. The zero-order valence-electron chi connectivity index (χ0n) is 24.9. The molecule has 1 atom stereocenters. The molecule has 0 spiro atoms. The zero-order chi connectivity index (χ0) is 30.5. The lowest BCUT2D eigenvalue weighted by atomic mass is 9.89. The molecule has 5 heterocycles. The smallest absolute Gasteiger partial charge is 0.107 e. The molecule has 3 aromatic carbocycles. The molecule has 46 heavy (non-hydrogen) atoms. The minimum absolute atomic E-state index is 0.0745. The van der Waals surface area contributed by atoms with Gasteiger partial charge in [-0.1, -0.05) is 85.0 Å². The summed E-state index contributed by atoms with van der Waals surface area (Å²) in [4.78, 5) is 18.2. The fourth-order valence-electron chi connectivity index (χ4n) is 6.54. The normalized spacial score (nSPS) is 16.5. The number of fused-ring (bicyclic) bond motifs is 5. The summed E-state index contributed by atoms with van der Waals surface area (Å²) in [5.74, 6) is 0. The van der Waals surface area contributed by atoms with Gasteiger partial charge in [-0.2, -0.15) is 0 Å². The second kappa shape index (κ2) is 10.8. The molecule has 0 saturated carbocycles. The van der Waals surface area contributed by atoms with Crippen LogP contribution in [0.1, 0.15) is 16.7 Å². The van der Waals surface area contributed by atoms with Gasteiger partial charge in [-0.3, -0.25) is 15.0 Å². The third-order valence-corrected chi connectivity index (χ3v) is 8.89. The van der Waals surface area contributed by atoms with E-state index in [9.17, 15) is 0 Å². The summed E-state index contributed by atoms with van der Waals surface area (Å²) in [6.07, 6.45) is 22.5. The van der Waals surface area contributed by atoms with E-state index < -0.39 is 0 Å². The monoisotopic (exact) mass is 592 g/mol. The van der Waals surface area contributed by atoms with Gasteiger partial charge < -0.3 is 10.6 Å². The molecule has 0 bridgehead atoms. The van der Waals surface area contributed by atoms with Gasteiger partial charge >= 0.3 is 0 Å². The Morgan fingerprint density at radius 1 is 0.717 bits per heavy atom. The molecular weight excluding hydrogens is 564 g/mol. The minimum Gasteiger partial charge on any atom is -0.379 e. The van der Waals surface area contributed by atoms with Gasteiger partial charge in [0.2, 0.25) is 0 Å². The predicted molar refractivity (Wildman–Crippen MR) is 188 cm³/mol. The summed E-state index contributed by atoms with van der Waals surface area (Å²) >= 11 is 0. The first kappa shape index (κ1) is 26.3. The number of hydrogen-bond donors (Lipinski definition) is 2. The lowest BCUT2D eigenvalue weighted by Crippen LogP contribution is -2.30. The summed E-state index contributed by atoms with van der Waals surface area (Å²) < 4.78 is 0. The van der Waals surface area contributed by atoms with E-state index in [4.69, 9.17) is 4.98 Å². The highest BCUT2D eigenvalue weighted by Crippen LogP contribution is 2.38. The number of anilines is 1. The summed E-state index contributed by atoms with van der Waals surface area (Å²) in [5, 5.41) is 9.54. The Kier molecular flexibility index (Phi) is 6.16. The number of hydrogen-bond acceptors (Lipinski definition) is 6. The number of nitrogens with one attached hydrogen (secondary N) is 2. The Morgan fingerprint density at radius 2 is 1.61 bits per heavy atom. The third kappa shape index (κ3) is 4.59. The standard InChI is InChI=1S/C40H28N6/c1-3-31-21-33(32-4-2-18-44-40(32)39(31)43-17-1)26-7-5-25(6-8-26)29-11-9-27-13-15-34(45-36(27)22-29)30-12-10-28-14-16-35(46-37(28)23-30)38-24-41-19-20-42-38/h1-17,19-24,36,44-45H,18H2. The highest BCUT2D eigenvalue weighted by atomic mass is 14.9. The zero-order valence-corrected chi connectivity index (χ0v) is 24.9. The van der Waals surface area contributed by atoms with Crippen LogP contribution in [-0.2, 0) is 0 Å². The van der Waals surface area contributed by atoms with Crippen LogP contribution in [0.2, 0.25) is 0 Å². The van der Waals surface area contributed by atoms with E-state index in [1.807, 2.05) is 18.3 Å². The minimum atomic E-state index is 0.0745. The van der Waals surface area contributed by atoms with Crippen LogP contribution in [0.25, 0.3) is 61.7 Å². The van der Waals surface area contributed by atoms with Crippen molar-refractivity contribution in [3.63, 3.8) is 0 Å². The topological polar surface area (TPSA) is 75.6 Å². The average Bonchev–Trinajstić information content (AvgIpc) is 3.14. The third-order valence-electron chi connectivity index (χ3n) is 8.89. The first-order valence-electron chi connectivity index (χ1n) is 15.5. The molecule has 0 fully saturated rings. The van der Waals surface area contributed by atoms with E-state index >= 15 is 0 Å².